The molecule has 28 heavy (non-hydrogen) atoms. The number of urea groups is 1. The lowest BCUT2D eigenvalue weighted by Crippen LogP contribution is -2.53. The van der Waals surface area contributed by atoms with E-state index in [-0.39, 0.29) is 23.9 Å². The van der Waals surface area contributed by atoms with E-state index in [1.54, 1.807) is 0 Å². The van der Waals surface area contributed by atoms with Gasteiger partial charge in [-0.05, 0) is 62.1 Å². The number of fused-ring (bicyclic) bond motifs is 1. The van der Waals surface area contributed by atoms with Gasteiger partial charge in [-0.25, -0.2) is 4.79 Å². The van der Waals surface area contributed by atoms with Crippen molar-refractivity contribution >= 4 is 22.8 Å². The fourth-order valence-electron chi connectivity index (χ4n) is 4.48. The van der Waals surface area contributed by atoms with Gasteiger partial charge in [-0.1, -0.05) is 18.6 Å². The fourth-order valence-corrected chi connectivity index (χ4v) is 4.48. The van der Waals surface area contributed by atoms with Crippen LogP contribution in [0.1, 0.15) is 43.9 Å². The van der Waals surface area contributed by atoms with Crippen LogP contribution in [0.15, 0.2) is 24.3 Å². The van der Waals surface area contributed by atoms with E-state index in [4.69, 9.17) is 0 Å². The maximum absolute atomic E-state index is 12.6. The average Bonchev–Trinajstić information content (AvgIpc) is 3.05. The number of benzene rings is 1. The predicted octanol–water partition coefficient (Wildman–Crippen LogP) is 3.31. The normalized spacial score (nSPS) is 24.6. The summed E-state index contributed by atoms with van der Waals surface area (Å²) >= 11 is 0. The number of piperidine rings is 1. The molecule has 1 aliphatic heterocycles. The van der Waals surface area contributed by atoms with Crippen LogP contribution in [-0.2, 0) is 11.3 Å². The number of carbonyl (C=O) groups excluding carboxylic acids is 2. The molecule has 1 saturated carbocycles. The summed E-state index contributed by atoms with van der Waals surface area (Å²) in [6.07, 6.45) is 3.89. The molecule has 6 heteroatoms. The Morgan fingerprint density at radius 1 is 1.25 bits per heavy atom. The highest BCUT2D eigenvalue weighted by atomic mass is 16.2. The number of amides is 3. The number of aryl methyl sites for hydroxylation is 1. The Hall–Kier alpha value is -2.50. The maximum Gasteiger partial charge on any atom is 0.315 e. The van der Waals surface area contributed by atoms with Crippen molar-refractivity contribution in [3.63, 3.8) is 0 Å². The number of H-pyrrole nitrogens is 1. The molecule has 0 radical (unpaired) electrons. The lowest BCUT2D eigenvalue weighted by molar-refractivity contribution is -0.141. The molecule has 2 fully saturated rings. The van der Waals surface area contributed by atoms with Gasteiger partial charge in [0, 0.05) is 36.3 Å². The van der Waals surface area contributed by atoms with E-state index in [9.17, 15) is 9.59 Å². The zero-order valence-corrected chi connectivity index (χ0v) is 16.8. The Bertz CT molecular complexity index is 869. The van der Waals surface area contributed by atoms with Crippen LogP contribution in [0.3, 0.4) is 0 Å². The van der Waals surface area contributed by atoms with Crippen molar-refractivity contribution in [1.29, 1.82) is 0 Å². The lowest BCUT2D eigenvalue weighted by Gasteiger charge is -2.39. The second-order valence-electron chi connectivity index (χ2n) is 8.61. The first-order valence-electron chi connectivity index (χ1n) is 10.4. The van der Waals surface area contributed by atoms with Crippen molar-refractivity contribution in [3.8, 4) is 0 Å². The van der Waals surface area contributed by atoms with Crippen LogP contribution in [0.25, 0.3) is 10.9 Å². The monoisotopic (exact) mass is 382 g/mol. The zero-order chi connectivity index (χ0) is 19.7. The summed E-state index contributed by atoms with van der Waals surface area (Å²) in [6.45, 7) is 6.17. The van der Waals surface area contributed by atoms with Crippen molar-refractivity contribution in [1.82, 2.24) is 20.5 Å². The quantitative estimate of drug-likeness (QED) is 0.759. The lowest BCUT2D eigenvalue weighted by atomic mass is 9.75. The summed E-state index contributed by atoms with van der Waals surface area (Å²) in [6, 6.07) is 8.19. The summed E-state index contributed by atoms with van der Waals surface area (Å²) < 4.78 is 0. The second kappa shape index (κ2) is 7.86. The molecule has 0 unspecified atom stereocenters. The van der Waals surface area contributed by atoms with Gasteiger partial charge in [0.25, 0.3) is 0 Å². The molecule has 6 nitrogen and oxygen atoms in total. The van der Waals surface area contributed by atoms with E-state index >= 15 is 0 Å². The van der Waals surface area contributed by atoms with Gasteiger partial charge in [-0.3, -0.25) is 4.79 Å². The first-order chi connectivity index (χ1) is 13.5. The smallest absolute Gasteiger partial charge is 0.315 e. The molecule has 2 heterocycles. The number of nitrogens with one attached hydrogen (secondary N) is 3. The number of aromatic amines is 1. The first-order valence-corrected chi connectivity index (χ1v) is 10.4. The third kappa shape index (κ3) is 4.16. The van der Waals surface area contributed by atoms with Crippen molar-refractivity contribution in [2.75, 3.05) is 13.1 Å². The summed E-state index contributed by atoms with van der Waals surface area (Å²) in [5.41, 5.74) is 3.28. The van der Waals surface area contributed by atoms with Gasteiger partial charge in [0.1, 0.15) is 0 Å². The van der Waals surface area contributed by atoms with Crippen LogP contribution >= 0.6 is 0 Å². The molecule has 4 rings (SSSR count). The number of carbonyl (C=O) groups is 2. The van der Waals surface area contributed by atoms with Gasteiger partial charge >= 0.3 is 6.03 Å². The molecule has 1 atom stereocenters. The van der Waals surface area contributed by atoms with E-state index in [0.717, 1.165) is 48.8 Å². The molecule has 1 aromatic carbocycles. The van der Waals surface area contributed by atoms with Crippen LogP contribution in [0.4, 0.5) is 4.79 Å². The average molecular weight is 383 g/mol. The Morgan fingerprint density at radius 3 is 2.86 bits per heavy atom. The summed E-state index contributed by atoms with van der Waals surface area (Å²) in [4.78, 5) is 30.2. The highest BCUT2D eigenvalue weighted by molar-refractivity contribution is 5.82. The molecule has 0 bridgehead atoms. The standard InChI is InChI=1S/C22H30N4O2/c1-14-5-6-20-16(8-14)11-19(24-20)12-23-22(28)25-18-4-3-7-26(13-18)21(27)17-9-15(2)10-17/h5-6,8,11,15,17-18,24H,3-4,7,9-10,12-13H2,1-2H3,(H2,23,25,28)/t15?,17?,18-/m1/s1. The number of hydrogen-bond donors (Lipinski definition) is 3. The first kappa shape index (κ1) is 18.8. The second-order valence-corrected chi connectivity index (χ2v) is 8.61. The molecule has 2 aliphatic rings. The van der Waals surface area contributed by atoms with Gasteiger partial charge in [0.2, 0.25) is 5.91 Å². The number of rotatable bonds is 4. The van der Waals surface area contributed by atoms with Gasteiger partial charge in [-0.15, -0.1) is 0 Å². The third-order valence-corrected chi connectivity index (χ3v) is 6.06. The minimum Gasteiger partial charge on any atom is -0.357 e. The summed E-state index contributed by atoms with van der Waals surface area (Å²) in [5.74, 6) is 1.15. The predicted molar refractivity (Wildman–Crippen MR) is 110 cm³/mol. The van der Waals surface area contributed by atoms with Crippen LogP contribution in [0.5, 0.6) is 0 Å². The van der Waals surface area contributed by atoms with Crippen molar-refractivity contribution in [2.45, 2.75) is 52.1 Å². The molecular weight excluding hydrogens is 352 g/mol. The molecule has 1 saturated heterocycles. The highest BCUT2D eigenvalue weighted by Crippen LogP contribution is 2.34. The third-order valence-electron chi connectivity index (χ3n) is 6.06. The molecule has 3 N–H and O–H groups in total. The van der Waals surface area contributed by atoms with Gasteiger partial charge in [-0.2, -0.15) is 0 Å². The molecule has 2 aromatic rings. The molecule has 0 spiro atoms. The topological polar surface area (TPSA) is 77.2 Å². The van der Waals surface area contributed by atoms with E-state index in [1.807, 2.05) is 4.90 Å². The Kier molecular flexibility index (Phi) is 5.29. The number of aromatic nitrogens is 1. The fraction of sp³-hybridized carbons (Fsp3) is 0.545. The van der Waals surface area contributed by atoms with Gasteiger partial charge in [0.05, 0.1) is 6.54 Å². The summed E-state index contributed by atoms with van der Waals surface area (Å²) in [7, 11) is 0. The van der Waals surface area contributed by atoms with E-state index in [0.29, 0.717) is 19.0 Å². The Labute approximate surface area is 166 Å². The van der Waals surface area contributed by atoms with Crippen LogP contribution < -0.4 is 10.6 Å². The highest BCUT2D eigenvalue weighted by Gasteiger charge is 2.36. The number of hydrogen-bond acceptors (Lipinski definition) is 2. The molecule has 3 amide bonds. The molecular formula is C22H30N4O2. The number of likely N-dealkylation sites (tertiary alicyclic amines) is 1. The van der Waals surface area contributed by atoms with Crippen molar-refractivity contribution < 1.29 is 9.59 Å². The zero-order valence-electron chi connectivity index (χ0n) is 16.8. The number of nitrogens with zero attached hydrogens (tertiary/aromatic N) is 1. The Morgan fingerprint density at radius 2 is 2.07 bits per heavy atom. The van der Waals surface area contributed by atoms with Crippen LogP contribution in [0.2, 0.25) is 0 Å². The molecule has 1 aromatic heterocycles. The minimum absolute atomic E-state index is 0.0283. The molecule has 1 aliphatic carbocycles. The van der Waals surface area contributed by atoms with Crippen molar-refractivity contribution in [3.05, 3.63) is 35.5 Å². The van der Waals surface area contributed by atoms with Gasteiger partial charge in [0.15, 0.2) is 0 Å². The summed E-state index contributed by atoms with van der Waals surface area (Å²) in [5, 5.41) is 7.13. The maximum atomic E-state index is 12.6. The van der Waals surface area contributed by atoms with Gasteiger partial charge < -0.3 is 20.5 Å². The van der Waals surface area contributed by atoms with Crippen molar-refractivity contribution in [2.24, 2.45) is 11.8 Å². The van der Waals surface area contributed by atoms with Crippen LogP contribution in [0, 0.1) is 18.8 Å². The van der Waals surface area contributed by atoms with E-state index in [1.165, 1.54) is 5.56 Å². The minimum atomic E-state index is -0.175. The van der Waals surface area contributed by atoms with E-state index < -0.39 is 0 Å². The van der Waals surface area contributed by atoms with Crippen LogP contribution in [-0.4, -0.2) is 41.0 Å². The van der Waals surface area contributed by atoms with E-state index in [2.05, 4.69) is 53.7 Å². The SMILES string of the molecule is Cc1ccc2[nH]c(CNC(=O)N[C@@H]3CCCN(C(=O)C4CC(C)C4)C3)cc2c1. The Balaban J connectivity index is 1.26. The molecule has 150 valence electrons. The largest absolute Gasteiger partial charge is 0.357 e.